The van der Waals surface area contributed by atoms with Crippen LogP contribution in [-0.4, -0.2) is 65.9 Å². The maximum absolute atomic E-state index is 11.9. The highest BCUT2D eigenvalue weighted by Crippen LogP contribution is 2.35. The van der Waals surface area contributed by atoms with Gasteiger partial charge in [0.05, 0.1) is 42.1 Å². The summed E-state index contributed by atoms with van der Waals surface area (Å²) in [7, 11) is 1.93. The number of fused-ring (bicyclic) bond motifs is 1. The molecule has 1 aliphatic rings. The second kappa shape index (κ2) is 10.5. The van der Waals surface area contributed by atoms with E-state index in [2.05, 4.69) is 52.1 Å². The number of esters is 1. The summed E-state index contributed by atoms with van der Waals surface area (Å²) in [6.07, 6.45) is 3.00. The van der Waals surface area contributed by atoms with Crippen LogP contribution in [0, 0.1) is 6.92 Å². The number of nitrogens with zero attached hydrogens (tertiary/aromatic N) is 6. The maximum atomic E-state index is 11.9. The van der Waals surface area contributed by atoms with Crippen molar-refractivity contribution in [2.75, 3.05) is 49.8 Å². The first kappa shape index (κ1) is 24.1. The number of hydrogen-bond donors (Lipinski definition) is 0. The quantitative estimate of drug-likeness (QED) is 0.345. The first-order valence-corrected chi connectivity index (χ1v) is 12.7. The van der Waals surface area contributed by atoms with Crippen molar-refractivity contribution in [3.05, 3.63) is 58.7 Å². The van der Waals surface area contributed by atoms with E-state index in [1.54, 1.807) is 18.3 Å². The summed E-state index contributed by atoms with van der Waals surface area (Å²) < 4.78 is 11.6. The van der Waals surface area contributed by atoms with Crippen LogP contribution >= 0.6 is 11.3 Å². The Morgan fingerprint density at radius 1 is 1.14 bits per heavy atom. The average Bonchev–Trinajstić information content (AvgIpc) is 3.31. The molecular formula is C26H28N6O3S. The normalized spacial score (nSPS) is 13.7. The van der Waals surface area contributed by atoms with Gasteiger partial charge in [-0.25, -0.2) is 24.7 Å². The number of morpholine rings is 1. The molecule has 0 atom stereocenters. The molecule has 10 heteroatoms. The van der Waals surface area contributed by atoms with Crippen LogP contribution in [0.4, 0.5) is 11.8 Å². The van der Waals surface area contributed by atoms with Crippen LogP contribution in [0.25, 0.3) is 21.6 Å². The lowest BCUT2D eigenvalue weighted by Crippen LogP contribution is -2.36. The Kier molecular flexibility index (Phi) is 7.06. The van der Waals surface area contributed by atoms with E-state index in [0.29, 0.717) is 37.9 Å². The SMILES string of the molecule is CCOC(=O)c1cnc(N(C)Cc2cc3nc(-c4ccc(C)cc4)nc(N4CCOCC4)c3s2)nc1. The number of aromatic nitrogens is 4. The van der Waals surface area contributed by atoms with Gasteiger partial charge in [0.25, 0.3) is 0 Å². The summed E-state index contributed by atoms with van der Waals surface area (Å²) in [5.74, 6) is 1.78. The van der Waals surface area contributed by atoms with Gasteiger partial charge in [-0.05, 0) is 19.9 Å². The van der Waals surface area contributed by atoms with E-state index < -0.39 is 5.97 Å². The smallest absolute Gasteiger partial charge is 0.341 e. The lowest BCUT2D eigenvalue weighted by atomic mass is 10.1. The zero-order chi connectivity index (χ0) is 25.1. The third-order valence-corrected chi connectivity index (χ3v) is 7.01. The number of benzene rings is 1. The van der Waals surface area contributed by atoms with Gasteiger partial charge in [0.2, 0.25) is 5.95 Å². The molecule has 0 unspecified atom stereocenters. The summed E-state index contributed by atoms with van der Waals surface area (Å²) in [4.78, 5) is 35.9. The fraction of sp³-hybridized carbons (Fsp3) is 0.346. The molecular weight excluding hydrogens is 476 g/mol. The van der Waals surface area contributed by atoms with Crippen molar-refractivity contribution < 1.29 is 14.3 Å². The number of hydrogen-bond acceptors (Lipinski definition) is 10. The van der Waals surface area contributed by atoms with Gasteiger partial charge in [0.1, 0.15) is 0 Å². The second-order valence-corrected chi connectivity index (χ2v) is 9.75. The van der Waals surface area contributed by atoms with Crippen LogP contribution in [0.1, 0.15) is 27.7 Å². The minimum Gasteiger partial charge on any atom is -0.462 e. The van der Waals surface area contributed by atoms with Crippen LogP contribution in [0.3, 0.4) is 0 Å². The van der Waals surface area contributed by atoms with Gasteiger partial charge in [-0.15, -0.1) is 11.3 Å². The largest absolute Gasteiger partial charge is 0.462 e. The Bertz CT molecular complexity index is 1350. The van der Waals surface area contributed by atoms with Gasteiger partial charge >= 0.3 is 5.97 Å². The van der Waals surface area contributed by atoms with E-state index in [0.717, 1.165) is 45.4 Å². The summed E-state index contributed by atoms with van der Waals surface area (Å²) in [6.45, 7) is 7.72. The van der Waals surface area contributed by atoms with Crippen molar-refractivity contribution in [3.63, 3.8) is 0 Å². The van der Waals surface area contributed by atoms with Gasteiger partial charge in [-0.3, -0.25) is 0 Å². The predicted molar refractivity (Wildman–Crippen MR) is 141 cm³/mol. The molecule has 0 spiro atoms. The molecule has 186 valence electrons. The monoisotopic (exact) mass is 504 g/mol. The number of ether oxygens (including phenoxy) is 2. The van der Waals surface area contributed by atoms with Gasteiger partial charge < -0.3 is 19.3 Å². The van der Waals surface area contributed by atoms with E-state index in [9.17, 15) is 4.79 Å². The third kappa shape index (κ3) is 5.14. The number of carbonyl (C=O) groups excluding carboxylic acids is 1. The van der Waals surface area contributed by atoms with Crippen LogP contribution in [0.15, 0.2) is 42.7 Å². The van der Waals surface area contributed by atoms with E-state index in [4.69, 9.17) is 19.4 Å². The molecule has 4 aromatic rings. The fourth-order valence-electron chi connectivity index (χ4n) is 4.01. The number of anilines is 2. The Hall–Kier alpha value is -3.63. The molecule has 1 fully saturated rings. The zero-order valence-corrected chi connectivity index (χ0v) is 21.4. The van der Waals surface area contributed by atoms with Gasteiger partial charge in [-0.1, -0.05) is 29.8 Å². The topological polar surface area (TPSA) is 93.6 Å². The summed E-state index contributed by atoms with van der Waals surface area (Å²) in [6, 6.07) is 10.4. The molecule has 0 aliphatic carbocycles. The lowest BCUT2D eigenvalue weighted by molar-refractivity contribution is 0.0525. The average molecular weight is 505 g/mol. The van der Waals surface area contributed by atoms with Crippen LogP contribution in [0.5, 0.6) is 0 Å². The van der Waals surface area contributed by atoms with Crippen LogP contribution in [0.2, 0.25) is 0 Å². The molecule has 0 N–H and O–H groups in total. The van der Waals surface area contributed by atoms with Crippen molar-refractivity contribution in [2.45, 2.75) is 20.4 Å². The van der Waals surface area contributed by atoms with E-state index in [-0.39, 0.29) is 0 Å². The molecule has 0 amide bonds. The Balaban J connectivity index is 1.45. The molecule has 1 saturated heterocycles. The second-order valence-electron chi connectivity index (χ2n) is 8.61. The summed E-state index contributed by atoms with van der Waals surface area (Å²) in [5, 5.41) is 0. The minimum atomic E-state index is -0.421. The molecule has 0 radical (unpaired) electrons. The highest BCUT2D eigenvalue weighted by atomic mass is 32.1. The molecule has 1 aromatic carbocycles. The number of carbonyl (C=O) groups is 1. The zero-order valence-electron chi connectivity index (χ0n) is 20.6. The van der Waals surface area contributed by atoms with Crippen LogP contribution < -0.4 is 9.80 Å². The first-order valence-electron chi connectivity index (χ1n) is 11.9. The van der Waals surface area contributed by atoms with Crippen molar-refractivity contribution in [1.29, 1.82) is 0 Å². The van der Waals surface area contributed by atoms with Crippen molar-refractivity contribution in [2.24, 2.45) is 0 Å². The molecule has 4 heterocycles. The maximum Gasteiger partial charge on any atom is 0.341 e. The first-order chi connectivity index (χ1) is 17.5. The number of rotatable bonds is 7. The Morgan fingerprint density at radius 3 is 2.56 bits per heavy atom. The van der Waals surface area contributed by atoms with Crippen molar-refractivity contribution in [1.82, 2.24) is 19.9 Å². The van der Waals surface area contributed by atoms with Gasteiger partial charge in [-0.2, -0.15) is 0 Å². The highest BCUT2D eigenvalue weighted by molar-refractivity contribution is 7.19. The lowest BCUT2D eigenvalue weighted by Gasteiger charge is -2.28. The summed E-state index contributed by atoms with van der Waals surface area (Å²) >= 11 is 1.68. The molecule has 3 aromatic heterocycles. The van der Waals surface area contributed by atoms with Gasteiger partial charge in [0, 0.05) is 43.0 Å². The van der Waals surface area contributed by atoms with Crippen molar-refractivity contribution >= 4 is 39.3 Å². The molecule has 0 saturated carbocycles. The molecule has 5 rings (SSSR count). The van der Waals surface area contributed by atoms with E-state index in [1.807, 2.05) is 11.9 Å². The Labute approximate surface area is 213 Å². The van der Waals surface area contributed by atoms with Gasteiger partial charge in [0.15, 0.2) is 11.6 Å². The third-order valence-electron chi connectivity index (χ3n) is 5.91. The molecule has 1 aliphatic heterocycles. The van der Waals surface area contributed by atoms with Crippen molar-refractivity contribution in [3.8, 4) is 11.4 Å². The molecule has 36 heavy (non-hydrogen) atoms. The molecule has 9 nitrogen and oxygen atoms in total. The van der Waals surface area contributed by atoms with Crippen LogP contribution in [-0.2, 0) is 16.0 Å². The number of thiophene rings is 1. The predicted octanol–water partition coefficient (Wildman–Crippen LogP) is 4.11. The number of aryl methyl sites for hydroxylation is 1. The van der Waals surface area contributed by atoms with E-state index in [1.165, 1.54) is 18.0 Å². The highest BCUT2D eigenvalue weighted by Gasteiger charge is 2.21. The standard InChI is InChI=1S/C26H28N6O3S/c1-4-35-25(33)19-14-27-26(28-15-19)31(3)16-20-13-21-22(36-20)24(32-9-11-34-12-10-32)30-23(29-21)18-7-5-17(2)6-8-18/h5-8,13-15H,4,9-12,16H2,1-3H3. The summed E-state index contributed by atoms with van der Waals surface area (Å²) in [5.41, 5.74) is 3.46. The Morgan fingerprint density at radius 2 is 1.86 bits per heavy atom. The van der Waals surface area contributed by atoms with E-state index >= 15 is 0 Å². The fourth-order valence-corrected chi connectivity index (χ4v) is 5.17. The minimum absolute atomic E-state index is 0.313. The molecule has 0 bridgehead atoms.